The number of allylic oxidation sites excluding steroid dienone is 3. The van der Waals surface area contributed by atoms with Gasteiger partial charge in [-0.05, 0) is 6.04 Å². The fraction of sp³-hybridized carbons (Fsp3) is 0.200. The van der Waals surface area contributed by atoms with Crippen molar-refractivity contribution in [2.75, 3.05) is 0 Å². The highest BCUT2D eigenvalue weighted by Gasteiger charge is 2.23. The molecule has 0 N–H and O–H groups in total. The van der Waals surface area contributed by atoms with E-state index in [-0.39, 0.29) is 0 Å². The van der Waals surface area contributed by atoms with E-state index in [0.29, 0.717) is 0 Å². The zero-order chi connectivity index (χ0) is 6.04. The molecular formula is C5H6Cl2Si. The monoisotopic (exact) mass is 164 g/mol. The lowest BCUT2D eigenvalue weighted by Crippen LogP contribution is -2.14. The maximum absolute atomic E-state index is 5.84. The fourth-order valence-electron chi connectivity index (χ4n) is 0.568. The van der Waals surface area contributed by atoms with Crippen LogP contribution in [0, 0.1) is 0 Å². The van der Waals surface area contributed by atoms with Crippen LogP contribution in [-0.2, 0) is 0 Å². The van der Waals surface area contributed by atoms with Crippen molar-refractivity contribution in [3.05, 3.63) is 23.9 Å². The minimum absolute atomic E-state index is 0.854. The minimum atomic E-state index is -1.91. The normalized spacial score (nSPS) is 23.8. The number of halogens is 2. The summed E-state index contributed by atoms with van der Waals surface area (Å²) in [5.74, 6) is 0. The van der Waals surface area contributed by atoms with Gasteiger partial charge in [-0.2, -0.15) is 0 Å². The maximum atomic E-state index is 5.84. The first-order chi connectivity index (χ1) is 3.71. The molecule has 0 fully saturated rings. The third-order valence-corrected chi connectivity index (χ3v) is 4.12. The van der Waals surface area contributed by atoms with Gasteiger partial charge in [0.25, 0.3) is 6.69 Å². The van der Waals surface area contributed by atoms with Crippen LogP contribution in [0.25, 0.3) is 0 Å². The molecule has 0 aromatic rings. The molecule has 0 aliphatic carbocycles. The van der Waals surface area contributed by atoms with Gasteiger partial charge >= 0.3 is 0 Å². The summed E-state index contributed by atoms with van der Waals surface area (Å²) in [6, 6.07) is 0.854. The van der Waals surface area contributed by atoms with Crippen molar-refractivity contribution >= 4 is 28.9 Å². The van der Waals surface area contributed by atoms with E-state index in [1.54, 1.807) is 0 Å². The van der Waals surface area contributed by atoms with E-state index in [0.717, 1.165) is 6.04 Å². The van der Waals surface area contributed by atoms with E-state index >= 15 is 0 Å². The predicted molar refractivity (Wildman–Crippen MR) is 40.5 cm³/mol. The molecule has 0 amide bonds. The first-order valence-electron chi connectivity index (χ1n) is 2.43. The van der Waals surface area contributed by atoms with Crippen LogP contribution in [0.4, 0.5) is 0 Å². The lowest BCUT2D eigenvalue weighted by Gasteiger charge is -2.09. The Morgan fingerprint density at radius 2 is 2.00 bits per heavy atom. The summed E-state index contributed by atoms with van der Waals surface area (Å²) in [5.41, 5.74) is 1.91. The molecule has 0 atom stereocenters. The van der Waals surface area contributed by atoms with Crippen molar-refractivity contribution in [2.45, 2.75) is 6.04 Å². The Balaban J connectivity index is 2.65. The van der Waals surface area contributed by atoms with Crippen LogP contribution in [0.1, 0.15) is 0 Å². The molecule has 1 heterocycles. The zero-order valence-electron chi connectivity index (χ0n) is 4.27. The molecule has 1 aliphatic rings. The number of hydrogen-bond acceptors (Lipinski definition) is 0. The van der Waals surface area contributed by atoms with Gasteiger partial charge in [0.15, 0.2) is 0 Å². The van der Waals surface area contributed by atoms with Crippen LogP contribution in [0.3, 0.4) is 0 Å². The third-order valence-electron chi connectivity index (χ3n) is 0.977. The molecule has 0 bridgehead atoms. The van der Waals surface area contributed by atoms with Crippen molar-refractivity contribution in [1.82, 2.24) is 0 Å². The molecule has 3 heteroatoms. The Morgan fingerprint density at radius 3 is 2.25 bits per heavy atom. The highest BCUT2D eigenvalue weighted by molar-refractivity contribution is 7.47. The second kappa shape index (κ2) is 2.25. The van der Waals surface area contributed by atoms with Crippen LogP contribution < -0.4 is 0 Å². The molecule has 1 rings (SSSR count). The van der Waals surface area contributed by atoms with Crippen molar-refractivity contribution in [1.29, 1.82) is 0 Å². The Morgan fingerprint density at radius 1 is 1.25 bits per heavy atom. The standard InChI is InChI=1S/C5H6Cl2Si/c6-8(7)4-2-1-3-5-8/h1-4H,5H2. The van der Waals surface area contributed by atoms with E-state index in [1.165, 1.54) is 0 Å². The molecule has 0 aromatic heterocycles. The average molecular weight is 165 g/mol. The highest BCUT2D eigenvalue weighted by Crippen LogP contribution is 2.24. The van der Waals surface area contributed by atoms with Crippen LogP contribution in [0.5, 0.6) is 0 Å². The topological polar surface area (TPSA) is 0 Å². The molecule has 0 unspecified atom stereocenters. The fourth-order valence-corrected chi connectivity index (χ4v) is 2.52. The molecule has 0 radical (unpaired) electrons. The molecule has 44 valence electrons. The van der Waals surface area contributed by atoms with Gasteiger partial charge in [-0.15, -0.1) is 22.2 Å². The van der Waals surface area contributed by atoms with Crippen LogP contribution >= 0.6 is 22.2 Å². The lowest BCUT2D eigenvalue weighted by molar-refractivity contribution is 1.63. The summed E-state index contributed by atoms with van der Waals surface area (Å²) >= 11 is 11.7. The van der Waals surface area contributed by atoms with E-state index in [2.05, 4.69) is 0 Å². The number of hydrogen-bond donors (Lipinski definition) is 0. The molecule has 0 nitrogen and oxygen atoms in total. The van der Waals surface area contributed by atoms with Gasteiger partial charge in [-0.25, -0.2) is 0 Å². The predicted octanol–water partition coefficient (Wildman–Crippen LogP) is 2.57. The van der Waals surface area contributed by atoms with E-state index < -0.39 is 6.69 Å². The molecule has 1 aliphatic heterocycles. The first-order valence-corrected chi connectivity index (χ1v) is 6.74. The second-order valence-electron chi connectivity index (χ2n) is 1.75. The zero-order valence-corrected chi connectivity index (χ0v) is 6.78. The Labute approximate surface area is 59.2 Å². The summed E-state index contributed by atoms with van der Waals surface area (Å²) in [7, 11) is 0. The summed E-state index contributed by atoms with van der Waals surface area (Å²) in [5, 5.41) is 0. The van der Waals surface area contributed by atoms with Crippen LogP contribution in [0.15, 0.2) is 23.9 Å². The Bertz CT molecular complexity index is 137. The average Bonchev–Trinajstić information content (AvgIpc) is 1.65. The molecule has 8 heavy (non-hydrogen) atoms. The van der Waals surface area contributed by atoms with E-state index in [4.69, 9.17) is 22.2 Å². The molecule has 0 saturated carbocycles. The summed E-state index contributed by atoms with van der Waals surface area (Å²) in [4.78, 5) is 0. The van der Waals surface area contributed by atoms with Crippen molar-refractivity contribution in [3.63, 3.8) is 0 Å². The molecular weight excluding hydrogens is 159 g/mol. The van der Waals surface area contributed by atoms with Gasteiger partial charge < -0.3 is 0 Å². The molecule has 0 aromatic carbocycles. The first kappa shape index (κ1) is 6.40. The Hall–Kier alpha value is 0.277. The van der Waals surface area contributed by atoms with Crippen molar-refractivity contribution in [2.24, 2.45) is 0 Å². The quantitative estimate of drug-likeness (QED) is 0.382. The largest absolute Gasteiger partial charge is 0.277 e. The van der Waals surface area contributed by atoms with Gasteiger partial charge in [0.2, 0.25) is 0 Å². The summed E-state index contributed by atoms with van der Waals surface area (Å²) in [6.07, 6.45) is 5.89. The van der Waals surface area contributed by atoms with Gasteiger partial charge in [-0.1, -0.05) is 23.9 Å². The number of rotatable bonds is 0. The van der Waals surface area contributed by atoms with Crippen LogP contribution in [-0.4, -0.2) is 6.69 Å². The smallest absolute Gasteiger partial charge is 0.140 e. The van der Waals surface area contributed by atoms with Gasteiger partial charge in [0.05, 0.1) is 0 Å². The van der Waals surface area contributed by atoms with Crippen molar-refractivity contribution in [3.8, 4) is 0 Å². The summed E-state index contributed by atoms with van der Waals surface area (Å²) in [6.45, 7) is -1.91. The third kappa shape index (κ3) is 1.65. The lowest BCUT2D eigenvalue weighted by atomic mass is 10.5. The van der Waals surface area contributed by atoms with E-state index in [9.17, 15) is 0 Å². The summed E-state index contributed by atoms with van der Waals surface area (Å²) < 4.78 is 0. The second-order valence-corrected chi connectivity index (χ2v) is 8.64. The Kier molecular flexibility index (Phi) is 1.80. The minimum Gasteiger partial charge on any atom is -0.140 e. The van der Waals surface area contributed by atoms with Gasteiger partial charge in [0, 0.05) is 0 Å². The maximum Gasteiger partial charge on any atom is 0.277 e. The molecule has 0 spiro atoms. The van der Waals surface area contributed by atoms with Gasteiger partial charge in [0.1, 0.15) is 0 Å². The SMILES string of the molecule is Cl[Si]1(Cl)C=CC=CC1. The molecule has 0 saturated heterocycles. The van der Waals surface area contributed by atoms with Crippen molar-refractivity contribution < 1.29 is 0 Å². The van der Waals surface area contributed by atoms with E-state index in [1.807, 2.05) is 23.9 Å². The van der Waals surface area contributed by atoms with Gasteiger partial charge in [-0.3, -0.25) is 0 Å². The highest BCUT2D eigenvalue weighted by atomic mass is 35.7. The van der Waals surface area contributed by atoms with Crippen LogP contribution in [0.2, 0.25) is 6.04 Å².